The number of nitrogens with zero attached hydrogens (tertiary/aromatic N) is 1. The Morgan fingerprint density at radius 2 is 1.52 bits per heavy atom. The molecule has 1 aromatic heterocycles. The largest absolute Gasteiger partial charge is 0.310 e. The van der Waals surface area contributed by atoms with Crippen LogP contribution in [0.2, 0.25) is 0 Å². The van der Waals surface area contributed by atoms with E-state index >= 15 is 0 Å². The molecule has 1 saturated carbocycles. The van der Waals surface area contributed by atoms with Crippen molar-refractivity contribution in [2.75, 3.05) is 0 Å². The maximum absolute atomic E-state index is 12.2. The average Bonchev–Trinajstić information content (AvgIpc) is 3.40. The fourth-order valence-electron chi connectivity index (χ4n) is 5.18. The monoisotopic (exact) mass is 443 g/mol. The van der Waals surface area contributed by atoms with Gasteiger partial charge in [-0.1, -0.05) is 55.3 Å². The van der Waals surface area contributed by atoms with Gasteiger partial charge < -0.3 is 10.1 Å². The Bertz CT molecular complexity index is 1130. The van der Waals surface area contributed by atoms with Gasteiger partial charge in [0, 0.05) is 24.6 Å². The van der Waals surface area contributed by atoms with Gasteiger partial charge in [0.15, 0.2) is 0 Å². The van der Waals surface area contributed by atoms with Crippen molar-refractivity contribution in [1.82, 2.24) is 15.5 Å². The summed E-state index contributed by atoms with van der Waals surface area (Å²) in [7, 11) is 0. The Morgan fingerprint density at radius 3 is 2.24 bits per heavy atom. The Morgan fingerprint density at radius 1 is 0.879 bits per heavy atom. The van der Waals surface area contributed by atoms with Crippen LogP contribution in [0.25, 0.3) is 11.1 Å². The number of nitrogens with one attached hydrogen (secondary N) is 2. The first kappa shape index (κ1) is 23.1. The molecule has 0 bridgehead atoms. The third-order valence-corrected chi connectivity index (χ3v) is 6.89. The number of rotatable bonds is 6. The van der Waals surface area contributed by atoms with Crippen LogP contribution in [0.15, 0.2) is 53.3 Å². The van der Waals surface area contributed by atoms with Crippen LogP contribution in [0.1, 0.15) is 66.5 Å². The van der Waals surface area contributed by atoms with Gasteiger partial charge in [0.2, 0.25) is 0 Å². The van der Waals surface area contributed by atoms with Crippen molar-refractivity contribution in [2.45, 2.75) is 70.4 Å². The lowest BCUT2D eigenvalue weighted by Crippen LogP contribution is -2.25. The van der Waals surface area contributed by atoms with Crippen LogP contribution in [0.5, 0.6) is 0 Å². The second-order valence-corrected chi connectivity index (χ2v) is 9.10. The lowest BCUT2D eigenvalue weighted by Gasteiger charge is -2.17. The second kappa shape index (κ2) is 11.2. The van der Waals surface area contributed by atoms with Gasteiger partial charge >= 0.3 is 0 Å². The standard InChI is InChI=1S/C27H31N3O.CH2O/c31-27-25-14-4-3-13-24(25)26(29-30-27)17-19-7-5-9-21(15-19)22-10-6-8-20(16-22)18-28-23-11-1-2-12-23;1-2/h5-10,15-16,23,28H,1-4,11-14,17-18H2,(H,30,31);1H2. The number of aromatic amines is 1. The highest BCUT2D eigenvalue weighted by molar-refractivity contribution is 5.65. The molecule has 0 saturated heterocycles. The van der Waals surface area contributed by atoms with Gasteiger partial charge in [-0.05, 0) is 72.4 Å². The Balaban J connectivity index is 0.00000126. The summed E-state index contributed by atoms with van der Waals surface area (Å²) in [6.45, 7) is 2.94. The molecule has 3 aromatic rings. The first-order valence-corrected chi connectivity index (χ1v) is 12.1. The van der Waals surface area contributed by atoms with E-state index in [2.05, 4.69) is 64.0 Å². The number of fused-ring (bicyclic) bond motifs is 1. The number of carbonyl (C=O) groups excluding carboxylic acids is 1. The van der Waals surface area contributed by atoms with E-state index in [0.29, 0.717) is 6.04 Å². The summed E-state index contributed by atoms with van der Waals surface area (Å²) >= 11 is 0. The van der Waals surface area contributed by atoms with E-state index in [1.165, 1.54) is 53.5 Å². The minimum absolute atomic E-state index is 0.00442. The molecule has 1 fully saturated rings. The molecule has 0 spiro atoms. The van der Waals surface area contributed by atoms with Gasteiger partial charge in [0.25, 0.3) is 5.56 Å². The maximum Gasteiger partial charge on any atom is 0.267 e. The lowest BCUT2D eigenvalue weighted by molar-refractivity contribution is -0.0979. The van der Waals surface area contributed by atoms with E-state index in [1.807, 2.05) is 6.79 Å². The molecule has 5 rings (SSSR count). The van der Waals surface area contributed by atoms with Crippen molar-refractivity contribution in [3.63, 3.8) is 0 Å². The average molecular weight is 444 g/mol. The number of carbonyl (C=O) groups is 1. The van der Waals surface area contributed by atoms with Gasteiger partial charge in [-0.15, -0.1) is 0 Å². The minimum Gasteiger partial charge on any atom is -0.310 e. The van der Waals surface area contributed by atoms with Crippen molar-refractivity contribution in [3.05, 3.63) is 86.8 Å². The van der Waals surface area contributed by atoms with Gasteiger partial charge in [-0.2, -0.15) is 5.10 Å². The van der Waals surface area contributed by atoms with Crippen LogP contribution in [-0.2, 0) is 30.6 Å². The topological polar surface area (TPSA) is 74.8 Å². The Hall–Kier alpha value is -3.05. The maximum atomic E-state index is 12.2. The first-order chi connectivity index (χ1) is 16.3. The van der Waals surface area contributed by atoms with E-state index in [9.17, 15) is 4.79 Å². The molecule has 5 heteroatoms. The van der Waals surface area contributed by atoms with E-state index in [4.69, 9.17) is 4.79 Å². The Labute approximate surface area is 195 Å². The van der Waals surface area contributed by atoms with Crippen molar-refractivity contribution < 1.29 is 4.79 Å². The van der Waals surface area contributed by atoms with Crippen molar-refractivity contribution in [2.24, 2.45) is 0 Å². The summed E-state index contributed by atoms with van der Waals surface area (Å²) in [6.07, 6.45) is 10.2. The predicted octanol–water partition coefficient (Wildman–Crippen LogP) is 4.75. The van der Waals surface area contributed by atoms with Gasteiger partial charge in [0.1, 0.15) is 6.79 Å². The molecule has 0 unspecified atom stereocenters. The molecule has 2 aliphatic carbocycles. The molecule has 0 radical (unpaired) electrons. The van der Waals surface area contributed by atoms with Gasteiger partial charge in [-0.25, -0.2) is 5.10 Å². The molecule has 0 amide bonds. The van der Waals surface area contributed by atoms with Crippen molar-refractivity contribution >= 4 is 6.79 Å². The van der Waals surface area contributed by atoms with Crippen LogP contribution >= 0.6 is 0 Å². The fraction of sp³-hybridized carbons (Fsp3) is 0.393. The lowest BCUT2D eigenvalue weighted by atomic mass is 9.90. The van der Waals surface area contributed by atoms with E-state index in [1.54, 1.807) is 0 Å². The minimum atomic E-state index is -0.00442. The molecule has 2 aliphatic rings. The fourth-order valence-corrected chi connectivity index (χ4v) is 5.18. The number of aromatic nitrogens is 2. The zero-order valence-corrected chi connectivity index (χ0v) is 19.2. The number of benzene rings is 2. The molecular formula is C28H33N3O2. The summed E-state index contributed by atoms with van der Waals surface area (Å²) in [5.41, 5.74) is 8.22. The molecule has 172 valence electrons. The van der Waals surface area contributed by atoms with Crippen molar-refractivity contribution in [3.8, 4) is 11.1 Å². The third-order valence-electron chi connectivity index (χ3n) is 6.89. The molecule has 0 atom stereocenters. The molecular weight excluding hydrogens is 410 g/mol. The van der Waals surface area contributed by atoms with E-state index < -0.39 is 0 Å². The first-order valence-electron chi connectivity index (χ1n) is 12.1. The van der Waals surface area contributed by atoms with E-state index in [0.717, 1.165) is 49.9 Å². The molecule has 2 N–H and O–H groups in total. The van der Waals surface area contributed by atoms with Gasteiger partial charge in [0.05, 0.1) is 5.69 Å². The van der Waals surface area contributed by atoms with Crippen LogP contribution < -0.4 is 10.9 Å². The number of hydrogen-bond donors (Lipinski definition) is 2. The highest BCUT2D eigenvalue weighted by Gasteiger charge is 2.18. The molecule has 33 heavy (non-hydrogen) atoms. The summed E-state index contributed by atoms with van der Waals surface area (Å²) < 4.78 is 0. The highest BCUT2D eigenvalue weighted by atomic mass is 16.1. The SMILES string of the molecule is C=O.O=c1[nH]nc(Cc2cccc(-c3cccc(CNC4CCCC4)c3)c2)c2c1CCCC2. The summed E-state index contributed by atoms with van der Waals surface area (Å²) in [5.74, 6) is 0. The number of hydrogen-bond acceptors (Lipinski definition) is 4. The zero-order chi connectivity index (χ0) is 23.0. The number of H-pyrrole nitrogens is 1. The van der Waals surface area contributed by atoms with Crippen LogP contribution in [0.3, 0.4) is 0 Å². The molecule has 1 heterocycles. The quantitative estimate of drug-likeness (QED) is 0.576. The van der Waals surface area contributed by atoms with Gasteiger partial charge in [-0.3, -0.25) is 4.79 Å². The van der Waals surface area contributed by atoms with Crippen LogP contribution in [0, 0.1) is 0 Å². The summed E-state index contributed by atoms with van der Waals surface area (Å²) in [5, 5.41) is 10.9. The summed E-state index contributed by atoms with van der Waals surface area (Å²) in [4.78, 5) is 20.2. The Kier molecular flexibility index (Phi) is 7.84. The van der Waals surface area contributed by atoms with Crippen molar-refractivity contribution in [1.29, 1.82) is 0 Å². The highest BCUT2D eigenvalue weighted by Crippen LogP contribution is 2.26. The predicted molar refractivity (Wildman–Crippen MR) is 132 cm³/mol. The van der Waals surface area contributed by atoms with Crippen LogP contribution in [-0.4, -0.2) is 23.0 Å². The molecule has 0 aliphatic heterocycles. The summed E-state index contributed by atoms with van der Waals surface area (Å²) in [6, 6.07) is 18.3. The van der Waals surface area contributed by atoms with Crippen LogP contribution in [0.4, 0.5) is 0 Å². The van der Waals surface area contributed by atoms with E-state index in [-0.39, 0.29) is 5.56 Å². The third kappa shape index (κ3) is 5.66. The molecule has 5 nitrogen and oxygen atoms in total. The normalized spacial score (nSPS) is 15.5. The smallest absolute Gasteiger partial charge is 0.267 e. The second-order valence-electron chi connectivity index (χ2n) is 9.10. The molecule has 2 aromatic carbocycles. The zero-order valence-electron chi connectivity index (χ0n) is 19.2.